The second-order valence-electron chi connectivity index (χ2n) is 9.53. The molecule has 0 amide bonds. The Bertz CT molecular complexity index is 1530. The topological polar surface area (TPSA) is 83.2 Å². The van der Waals surface area contributed by atoms with Crippen LogP contribution < -0.4 is 16.0 Å². The molecular weight excluding hydrogens is 442 g/mol. The molecule has 0 N–H and O–H groups in total. The highest BCUT2D eigenvalue weighted by Crippen LogP contribution is 2.31. The molecule has 7 heteroatoms. The highest BCUT2D eigenvalue weighted by molar-refractivity contribution is 5.85. The van der Waals surface area contributed by atoms with E-state index in [4.69, 9.17) is 4.74 Å². The highest BCUT2D eigenvalue weighted by Gasteiger charge is 2.27. The van der Waals surface area contributed by atoms with Crippen LogP contribution in [0.2, 0.25) is 0 Å². The number of benzene rings is 2. The van der Waals surface area contributed by atoms with E-state index in [1.807, 2.05) is 30.3 Å². The van der Waals surface area contributed by atoms with Gasteiger partial charge in [0.1, 0.15) is 11.5 Å². The first kappa shape index (κ1) is 23.0. The molecule has 1 saturated carbocycles. The third-order valence-corrected chi connectivity index (χ3v) is 7.35. The number of carbonyl (C=O) groups is 1. The number of methoxy groups -OCH3 is 1. The van der Waals surface area contributed by atoms with E-state index in [1.54, 1.807) is 38.6 Å². The van der Waals surface area contributed by atoms with Crippen LogP contribution in [0.15, 0.2) is 64.3 Å². The molecule has 2 aromatic carbocycles. The molecule has 0 saturated heterocycles. The Morgan fingerprint density at radius 1 is 1.06 bits per heavy atom. The lowest BCUT2D eigenvalue weighted by molar-refractivity contribution is -0.123. The monoisotopic (exact) mass is 471 g/mol. The molecule has 4 aromatic rings. The number of nitrogens with zero attached hydrogens (tertiary/aromatic N) is 3. The predicted molar refractivity (Wildman–Crippen MR) is 136 cm³/mol. The number of hydrogen-bond donors (Lipinski definition) is 0. The summed E-state index contributed by atoms with van der Waals surface area (Å²) < 4.78 is 8.13. The summed E-state index contributed by atoms with van der Waals surface area (Å²) in [5.74, 6) is 1.06. The van der Waals surface area contributed by atoms with Gasteiger partial charge in [0.25, 0.3) is 5.56 Å². The first-order valence-electron chi connectivity index (χ1n) is 12.1. The SMILES string of the molecule is COc1ccc2c(c1)c(=O)n(CC1CCC(C(=O)Cc3ccc4ncccc4c3)CC1)c(=O)n2C. The van der Waals surface area contributed by atoms with Crippen LogP contribution in [0, 0.1) is 11.8 Å². The number of hydrogen-bond acceptors (Lipinski definition) is 5. The van der Waals surface area contributed by atoms with Gasteiger partial charge in [-0.15, -0.1) is 0 Å². The fraction of sp³-hybridized carbons (Fsp3) is 0.357. The lowest BCUT2D eigenvalue weighted by Gasteiger charge is -2.28. The van der Waals surface area contributed by atoms with Crippen molar-refractivity contribution in [1.29, 1.82) is 0 Å². The van der Waals surface area contributed by atoms with E-state index >= 15 is 0 Å². The second kappa shape index (κ2) is 9.49. The molecule has 0 spiro atoms. The van der Waals surface area contributed by atoms with Crippen LogP contribution in [-0.4, -0.2) is 27.0 Å². The van der Waals surface area contributed by atoms with Crippen molar-refractivity contribution in [2.75, 3.05) is 7.11 Å². The predicted octanol–water partition coefficient (Wildman–Crippen LogP) is 3.88. The maximum absolute atomic E-state index is 13.1. The zero-order valence-electron chi connectivity index (χ0n) is 20.1. The van der Waals surface area contributed by atoms with Crippen LogP contribution in [0.25, 0.3) is 21.8 Å². The number of carbonyl (C=O) groups excluding carboxylic acids is 1. The average molecular weight is 472 g/mol. The van der Waals surface area contributed by atoms with E-state index in [-0.39, 0.29) is 28.9 Å². The Hall–Kier alpha value is -3.74. The highest BCUT2D eigenvalue weighted by atomic mass is 16.5. The Morgan fingerprint density at radius 2 is 1.86 bits per heavy atom. The lowest BCUT2D eigenvalue weighted by atomic mass is 9.79. The van der Waals surface area contributed by atoms with Crippen LogP contribution in [-0.2, 0) is 24.8 Å². The number of Topliss-reactive ketones (excluding diaryl/α,β-unsaturated/α-hetero) is 1. The van der Waals surface area contributed by atoms with Crippen molar-refractivity contribution in [3.63, 3.8) is 0 Å². The number of aromatic nitrogens is 3. The summed E-state index contributed by atoms with van der Waals surface area (Å²) in [6, 6.07) is 15.1. The zero-order chi connectivity index (χ0) is 24.5. The second-order valence-corrected chi connectivity index (χ2v) is 9.53. The largest absolute Gasteiger partial charge is 0.497 e. The first-order valence-corrected chi connectivity index (χ1v) is 12.1. The van der Waals surface area contributed by atoms with Gasteiger partial charge in [-0.25, -0.2) is 4.79 Å². The Morgan fingerprint density at radius 3 is 2.63 bits per heavy atom. The quantitative estimate of drug-likeness (QED) is 0.426. The normalized spacial score (nSPS) is 18.1. The Kier molecular flexibility index (Phi) is 6.24. The molecule has 1 fully saturated rings. The number of rotatable bonds is 6. The van der Waals surface area contributed by atoms with Gasteiger partial charge in [-0.05, 0) is 73.6 Å². The first-order chi connectivity index (χ1) is 16.9. The summed E-state index contributed by atoms with van der Waals surface area (Å²) >= 11 is 0. The third-order valence-electron chi connectivity index (χ3n) is 7.35. The van der Waals surface area contributed by atoms with Crippen molar-refractivity contribution in [3.05, 3.63) is 81.1 Å². The number of pyridine rings is 1. The molecule has 0 bridgehead atoms. The third kappa shape index (κ3) is 4.50. The molecule has 5 rings (SSSR count). The zero-order valence-corrected chi connectivity index (χ0v) is 20.1. The molecule has 7 nitrogen and oxygen atoms in total. The summed E-state index contributed by atoms with van der Waals surface area (Å²) in [7, 11) is 3.24. The summed E-state index contributed by atoms with van der Waals surface area (Å²) in [5, 5.41) is 1.52. The molecule has 1 aliphatic rings. The summed E-state index contributed by atoms with van der Waals surface area (Å²) in [4.78, 5) is 43.4. The fourth-order valence-electron chi connectivity index (χ4n) is 5.29. The number of ether oxygens (including phenoxy) is 1. The number of fused-ring (bicyclic) bond motifs is 2. The van der Waals surface area contributed by atoms with Gasteiger partial charge in [-0.3, -0.25) is 23.7 Å². The van der Waals surface area contributed by atoms with Crippen LogP contribution >= 0.6 is 0 Å². The number of ketones is 1. The van der Waals surface area contributed by atoms with Gasteiger partial charge in [-0.2, -0.15) is 0 Å². The molecule has 2 heterocycles. The van der Waals surface area contributed by atoms with Crippen LogP contribution in [0.1, 0.15) is 31.2 Å². The van der Waals surface area contributed by atoms with Crippen molar-refractivity contribution in [2.24, 2.45) is 18.9 Å². The molecular formula is C28H29N3O4. The van der Waals surface area contributed by atoms with E-state index in [0.717, 1.165) is 42.1 Å². The van der Waals surface area contributed by atoms with E-state index in [9.17, 15) is 14.4 Å². The van der Waals surface area contributed by atoms with E-state index < -0.39 is 0 Å². The van der Waals surface area contributed by atoms with E-state index in [2.05, 4.69) is 4.98 Å². The van der Waals surface area contributed by atoms with Crippen LogP contribution in [0.4, 0.5) is 0 Å². The molecule has 0 unspecified atom stereocenters. The van der Waals surface area contributed by atoms with Crippen molar-refractivity contribution < 1.29 is 9.53 Å². The fourth-order valence-corrected chi connectivity index (χ4v) is 5.29. The molecule has 180 valence electrons. The van der Waals surface area contributed by atoms with Gasteiger partial charge in [0, 0.05) is 37.5 Å². The number of aryl methyl sites for hydroxylation is 1. The van der Waals surface area contributed by atoms with Crippen LogP contribution in [0.3, 0.4) is 0 Å². The minimum atomic E-state index is -0.309. The van der Waals surface area contributed by atoms with Gasteiger partial charge in [0.05, 0.1) is 23.5 Å². The van der Waals surface area contributed by atoms with Crippen molar-refractivity contribution >= 4 is 27.6 Å². The van der Waals surface area contributed by atoms with Crippen molar-refractivity contribution in [3.8, 4) is 5.75 Å². The summed E-state index contributed by atoms with van der Waals surface area (Å²) in [6.07, 6.45) is 5.41. The lowest BCUT2D eigenvalue weighted by Crippen LogP contribution is -2.41. The Labute approximate surface area is 203 Å². The van der Waals surface area contributed by atoms with Crippen molar-refractivity contribution in [1.82, 2.24) is 14.1 Å². The maximum atomic E-state index is 13.1. The maximum Gasteiger partial charge on any atom is 0.331 e. The van der Waals surface area contributed by atoms with Gasteiger partial charge in [0.2, 0.25) is 0 Å². The van der Waals surface area contributed by atoms with Gasteiger partial charge < -0.3 is 4.74 Å². The van der Waals surface area contributed by atoms with Gasteiger partial charge in [0.15, 0.2) is 0 Å². The standard InChI is InChI=1S/C28H29N3O4/c1-30-25-12-10-22(35-2)16-23(25)27(33)31(28(30)34)17-18-5-8-20(9-6-18)26(32)15-19-7-11-24-21(14-19)4-3-13-29-24/h3-4,7,10-14,16,18,20H,5-6,8-9,15,17H2,1-2H3. The smallest absolute Gasteiger partial charge is 0.331 e. The van der Waals surface area contributed by atoms with Gasteiger partial charge >= 0.3 is 5.69 Å². The molecule has 0 aliphatic heterocycles. The van der Waals surface area contributed by atoms with Gasteiger partial charge in [-0.1, -0.05) is 12.1 Å². The minimum absolute atomic E-state index is 0.0243. The molecule has 2 aromatic heterocycles. The molecule has 1 aliphatic carbocycles. The average Bonchev–Trinajstić information content (AvgIpc) is 2.89. The van der Waals surface area contributed by atoms with E-state index in [0.29, 0.717) is 29.6 Å². The van der Waals surface area contributed by atoms with Crippen LogP contribution in [0.5, 0.6) is 5.75 Å². The van der Waals surface area contributed by atoms with Crippen molar-refractivity contribution in [2.45, 2.75) is 38.6 Å². The molecule has 35 heavy (non-hydrogen) atoms. The molecule has 0 atom stereocenters. The summed E-state index contributed by atoms with van der Waals surface area (Å²) in [6.45, 7) is 0.372. The Balaban J connectivity index is 1.27. The minimum Gasteiger partial charge on any atom is -0.497 e. The molecule has 0 radical (unpaired) electrons. The van der Waals surface area contributed by atoms with E-state index in [1.165, 1.54) is 9.13 Å². The summed E-state index contributed by atoms with van der Waals surface area (Å²) in [5.41, 5.74) is 1.94.